The summed E-state index contributed by atoms with van der Waals surface area (Å²) in [5, 5.41) is 13.7. The van der Waals surface area contributed by atoms with Gasteiger partial charge in [-0.05, 0) is 60.9 Å². The molecule has 0 saturated carbocycles. The summed E-state index contributed by atoms with van der Waals surface area (Å²) in [5.74, 6) is 0.369. The maximum Gasteiger partial charge on any atom is 0.275 e. The number of hydrazone groups is 1. The first-order chi connectivity index (χ1) is 10.9. The molecular formula is C17H17BrN2O3. The lowest BCUT2D eigenvalue weighted by atomic mass is 10.1. The van der Waals surface area contributed by atoms with Gasteiger partial charge in [0.25, 0.3) is 5.91 Å². The highest BCUT2D eigenvalue weighted by Crippen LogP contribution is 2.23. The van der Waals surface area contributed by atoms with Crippen LogP contribution in [0.25, 0.3) is 0 Å². The van der Waals surface area contributed by atoms with E-state index in [-0.39, 0.29) is 11.7 Å². The molecule has 0 unspecified atom stereocenters. The van der Waals surface area contributed by atoms with Crippen molar-refractivity contribution in [2.24, 2.45) is 5.10 Å². The number of rotatable bonds is 4. The van der Waals surface area contributed by atoms with Crippen molar-refractivity contribution in [1.82, 2.24) is 5.43 Å². The summed E-state index contributed by atoms with van der Waals surface area (Å²) in [6.45, 7) is 3.62. The van der Waals surface area contributed by atoms with Crippen molar-refractivity contribution < 1.29 is 14.6 Å². The minimum atomic E-state index is -0.369. The number of hydrogen-bond donors (Lipinski definition) is 2. The second kappa shape index (κ2) is 7.28. The molecule has 23 heavy (non-hydrogen) atoms. The van der Waals surface area contributed by atoms with Gasteiger partial charge >= 0.3 is 0 Å². The third-order valence-corrected chi connectivity index (χ3v) is 3.79. The fraction of sp³-hybridized carbons (Fsp3) is 0.176. The molecule has 0 radical (unpaired) electrons. The lowest BCUT2D eigenvalue weighted by molar-refractivity contribution is 0.0952. The van der Waals surface area contributed by atoms with Gasteiger partial charge in [0, 0.05) is 4.47 Å². The highest BCUT2D eigenvalue weighted by Gasteiger charge is 2.12. The number of ether oxygens (including phenoxy) is 1. The summed E-state index contributed by atoms with van der Waals surface area (Å²) in [6, 6.07) is 8.74. The Morgan fingerprint density at radius 3 is 2.52 bits per heavy atom. The monoisotopic (exact) mass is 376 g/mol. The van der Waals surface area contributed by atoms with Gasteiger partial charge in [0.15, 0.2) is 0 Å². The predicted molar refractivity (Wildman–Crippen MR) is 93.3 cm³/mol. The van der Waals surface area contributed by atoms with Gasteiger partial charge in [-0.1, -0.05) is 15.9 Å². The second-order valence-electron chi connectivity index (χ2n) is 5.05. The Hall–Kier alpha value is -2.34. The van der Waals surface area contributed by atoms with E-state index in [2.05, 4.69) is 26.5 Å². The van der Waals surface area contributed by atoms with Crippen molar-refractivity contribution in [3.05, 3.63) is 57.1 Å². The van der Waals surface area contributed by atoms with Crippen LogP contribution in [0.3, 0.4) is 0 Å². The number of aromatic hydroxyl groups is 1. The van der Waals surface area contributed by atoms with E-state index in [9.17, 15) is 9.90 Å². The number of hydrogen-bond acceptors (Lipinski definition) is 4. The molecule has 0 aromatic heterocycles. The molecule has 5 nitrogen and oxygen atoms in total. The van der Waals surface area contributed by atoms with Crippen LogP contribution in [-0.4, -0.2) is 24.3 Å². The average molecular weight is 377 g/mol. The molecule has 0 aliphatic heterocycles. The van der Waals surface area contributed by atoms with Gasteiger partial charge in [0.2, 0.25) is 0 Å². The Kier molecular flexibility index (Phi) is 5.39. The summed E-state index contributed by atoms with van der Waals surface area (Å²) >= 11 is 3.32. The highest BCUT2D eigenvalue weighted by atomic mass is 79.9. The van der Waals surface area contributed by atoms with E-state index < -0.39 is 0 Å². The number of benzene rings is 2. The minimum Gasteiger partial charge on any atom is -0.507 e. The summed E-state index contributed by atoms with van der Waals surface area (Å²) < 4.78 is 5.94. The summed E-state index contributed by atoms with van der Waals surface area (Å²) in [5.41, 5.74) is 5.16. The van der Waals surface area contributed by atoms with Crippen molar-refractivity contribution in [2.45, 2.75) is 13.8 Å². The normalized spacial score (nSPS) is 10.8. The lowest BCUT2D eigenvalue weighted by Crippen LogP contribution is -2.18. The van der Waals surface area contributed by atoms with Crippen LogP contribution in [0.1, 0.15) is 27.0 Å². The van der Waals surface area contributed by atoms with E-state index in [1.165, 1.54) is 13.3 Å². The van der Waals surface area contributed by atoms with Gasteiger partial charge in [0.05, 0.1) is 18.9 Å². The molecule has 0 aliphatic rings. The third-order valence-electron chi connectivity index (χ3n) is 3.30. The number of phenols is 1. The van der Waals surface area contributed by atoms with Gasteiger partial charge in [-0.2, -0.15) is 5.10 Å². The number of carbonyl (C=O) groups is 1. The molecular weight excluding hydrogens is 360 g/mol. The van der Waals surface area contributed by atoms with E-state index in [0.717, 1.165) is 21.2 Å². The Bertz CT molecular complexity index is 749. The molecule has 0 atom stereocenters. The van der Waals surface area contributed by atoms with Crippen LogP contribution < -0.4 is 10.2 Å². The van der Waals surface area contributed by atoms with Crippen molar-refractivity contribution in [3.63, 3.8) is 0 Å². The van der Waals surface area contributed by atoms with Crippen molar-refractivity contribution in [3.8, 4) is 11.5 Å². The zero-order valence-electron chi connectivity index (χ0n) is 13.1. The quantitative estimate of drug-likeness (QED) is 0.633. The molecule has 6 heteroatoms. The maximum absolute atomic E-state index is 12.2. The first-order valence-electron chi connectivity index (χ1n) is 6.89. The molecule has 0 heterocycles. The Morgan fingerprint density at radius 1 is 1.26 bits per heavy atom. The lowest BCUT2D eigenvalue weighted by Gasteiger charge is -2.07. The number of nitrogens with one attached hydrogen (secondary N) is 1. The molecule has 2 rings (SSSR count). The number of halogens is 1. The third kappa shape index (κ3) is 4.10. The van der Waals surface area contributed by atoms with E-state index >= 15 is 0 Å². The molecule has 0 fully saturated rings. The van der Waals surface area contributed by atoms with Crippen molar-refractivity contribution in [2.75, 3.05) is 7.11 Å². The molecule has 0 saturated heterocycles. The first-order valence-corrected chi connectivity index (χ1v) is 7.69. The molecule has 1 amide bonds. The number of methoxy groups -OCH3 is 1. The Morgan fingerprint density at radius 2 is 1.91 bits per heavy atom. The van der Waals surface area contributed by atoms with Gasteiger partial charge in [-0.25, -0.2) is 5.43 Å². The Labute approximate surface area is 143 Å². The van der Waals surface area contributed by atoms with Crippen LogP contribution in [0.5, 0.6) is 11.5 Å². The Balaban J connectivity index is 2.14. The van der Waals surface area contributed by atoms with Crippen LogP contribution in [0.2, 0.25) is 0 Å². The predicted octanol–water partition coefficient (Wildman–Crippen LogP) is 3.54. The van der Waals surface area contributed by atoms with Gasteiger partial charge in [-0.15, -0.1) is 0 Å². The average Bonchev–Trinajstić information content (AvgIpc) is 2.52. The number of phenolic OH excluding ortho intramolecular Hbond substituents is 1. The van der Waals surface area contributed by atoms with Gasteiger partial charge in [-0.3, -0.25) is 4.79 Å². The number of aryl methyl sites for hydroxylation is 2. The zero-order chi connectivity index (χ0) is 17.0. The van der Waals surface area contributed by atoms with Crippen molar-refractivity contribution >= 4 is 28.1 Å². The smallest absolute Gasteiger partial charge is 0.275 e. The molecule has 2 aromatic carbocycles. The van der Waals surface area contributed by atoms with Gasteiger partial charge in [0.1, 0.15) is 11.5 Å². The second-order valence-corrected chi connectivity index (χ2v) is 5.96. The fourth-order valence-electron chi connectivity index (χ4n) is 2.15. The summed E-state index contributed by atoms with van der Waals surface area (Å²) in [4.78, 5) is 12.2. The van der Waals surface area contributed by atoms with E-state index in [1.807, 2.05) is 13.8 Å². The number of carbonyl (C=O) groups excluding carboxylic acids is 1. The topological polar surface area (TPSA) is 70.9 Å². The SMILES string of the molecule is COc1ccc(Br)cc1C(=O)N/N=C\c1cc(C)c(O)c(C)c1. The van der Waals surface area contributed by atoms with Crippen LogP contribution in [0.4, 0.5) is 0 Å². The largest absolute Gasteiger partial charge is 0.507 e. The molecule has 2 N–H and O–H groups in total. The first kappa shape index (κ1) is 17.0. The van der Waals surface area contributed by atoms with Crippen LogP contribution >= 0.6 is 15.9 Å². The van der Waals surface area contributed by atoms with Gasteiger partial charge < -0.3 is 9.84 Å². The molecule has 2 aromatic rings. The highest BCUT2D eigenvalue weighted by molar-refractivity contribution is 9.10. The standard InChI is InChI=1S/C17H17BrN2O3/c1-10-6-12(7-11(2)16(10)21)9-19-20-17(22)14-8-13(18)4-5-15(14)23-3/h4-9,21H,1-3H3,(H,20,22)/b19-9-. The molecule has 120 valence electrons. The van der Waals surface area contributed by atoms with Crippen molar-refractivity contribution in [1.29, 1.82) is 0 Å². The maximum atomic E-state index is 12.2. The van der Waals surface area contributed by atoms with Crippen LogP contribution in [0, 0.1) is 13.8 Å². The van der Waals surface area contributed by atoms with Crippen LogP contribution in [-0.2, 0) is 0 Å². The van der Waals surface area contributed by atoms with Crippen LogP contribution in [0.15, 0.2) is 39.9 Å². The molecule has 0 aliphatic carbocycles. The van der Waals surface area contributed by atoms with E-state index in [1.54, 1.807) is 30.3 Å². The zero-order valence-corrected chi connectivity index (χ0v) is 14.6. The summed E-state index contributed by atoms with van der Waals surface area (Å²) in [7, 11) is 1.51. The van der Waals surface area contributed by atoms with E-state index in [4.69, 9.17) is 4.74 Å². The molecule has 0 spiro atoms. The fourth-order valence-corrected chi connectivity index (χ4v) is 2.51. The minimum absolute atomic E-state index is 0.269. The number of nitrogens with zero attached hydrogens (tertiary/aromatic N) is 1. The van der Waals surface area contributed by atoms with E-state index in [0.29, 0.717) is 11.3 Å². The summed E-state index contributed by atoms with van der Waals surface area (Å²) in [6.07, 6.45) is 1.53. The molecule has 0 bridgehead atoms. The number of amides is 1.